The van der Waals surface area contributed by atoms with Gasteiger partial charge in [-0.25, -0.2) is 4.98 Å². The number of thioether (sulfide) groups is 2. The Balaban J connectivity index is 1.43. The van der Waals surface area contributed by atoms with Gasteiger partial charge in [-0.3, -0.25) is 14.2 Å². The fourth-order valence-corrected chi connectivity index (χ4v) is 5.20. The minimum atomic E-state index is -0.0497. The van der Waals surface area contributed by atoms with E-state index in [4.69, 9.17) is 4.98 Å². The lowest BCUT2D eigenvalue weighted by Crippen LogP contribution is -2.29. The van der Waals surface area contributed by atoms with Crippen LogP contribution in [-0.2, 0) is 24.2 Å². The molecule has 4 rings (SSSR count). The average Bonchev–Trinajstić information content (AvgIpc) is 3.25. The highest BCUT2D eigenvalue weighted by Crippen LogP contribution is 2.29. The third-order valence-electron chi connectivity index (χ3n) is 4.84. The molecule has 0 bridgehead atoms. The van der Waals surface area contributed by atoms with Crippen LogP contribution in [0.25, 0.3) is 0 Å². The monoisotopic (exact) mass is 437 g/mol. The van der Waals surface area contributed by atoms with Crippen molar-refractivity contribution < 1.29 is 4.79 Å². The lowest BCUT2D eigenvalue weighted by Gasteiger charge is -2.14. The Hall–Kier alpha value is -2.51. The molecule has 0 fully saturated rings. The van der Waals surface area contributed by atoms with E-state index in [1.807, 2.05) is 48.5 Å². The molecule has 2 aromatic carbocycles. The van der Waals surface area contributed by atoms with Gasteiger partial charge in [0.05, 0.1) is 22.9 Å². The molecule has 0 atom stereocenters. The van der Waals surface area contributed by atoms with Gasteiger partial charge in [0.1, 0.15) is 0 Å². The summed E-state index contributed by atoms with van der Waals surface area (Å²) in [6, 6.07) is 20.0. The van der Waals surface area contributed by atoms with E-state index in [2.05, 4.69) is 17.4 Å². The molecule has 0 saturated heterocycles. The van der Waals surface area contributed by atoms with Crippen molar-refractivity contribution >= 4 is 29.4 Å². The van der Waals surface area contributed by atoms with Gasteiger partial charge in [0.25, 0.3) is 5.56 Å². The Labute approximate surface area is 184 Å². The summed E-state index contributed by atoms with van der Waals surface area (Å²) < 4.78 is 1.70. The van der Waals surface area contributed by atoms with E-state index in [1.165, 1.54) is 17.3 Å². The lowest BCUT2D eigenvalue weighted by molar-refractivity contribution is -0.118. The van der Waals surface area contributed by atoms with Gasteiger partial charge in [0.2, 0.25) is 5.91 Å². The Morgan fingerprint density at radius 2 is 1.77 bits per heavy atom. The van der Waals surface area contributed by atoms with Crippen molar-refractivity contribution in [1.29, 1.82) is 0 Å². The molecule has 1 N–H and O–H groups in total. The summed E-state index contributed by atoms with van der Waals surface area (Å²) in [5, 5.41) is 3.57. The first kappa shape index (κ1) is 20.8. The largest absolute Gasteiger partial charge is 0.355 e. The molecule has 5 nitrogen and oxygen atoms in total. The van der Waals surface area contributed by atoms with Crippen LogP contribution < -0.4 is 10.9 Å². The Bertz CT molecular complexity index is 1070. The van der Waals surface area contributed by atoms with Gasteiger partial charge in [-0.15, -0.1) is 11.8 Å². The van der Waals surface area contributed by atoms with Crippen molar-refractivity contribution in [2.75, 3.05) is 18.1 Å². The molecule has 2 heterocycles. The van der Waals surface area contributed by atoms with Crippen LogP contribution in [0.2, 0.25) is 0 Å². The smallest absolute Gasteiger partial charge is 0.268 e. The van der Waals surface area contributed by atoms with Crippen LogP contribution in [0.1, 0.15) is 16.8 Å². The first-order chi connectivity index (χ1) is 14.7. The molecule has 3 aromatic rings. The fourth-order valence-electron chi connectivity index (χ4n) is 3.31. The van der Waals surface area contributed by atoms with Crippen LogP contribution in [0.15, 0.2) is 75.5 Å². The second-order valence-corrected chi connectivity index (χ2v) is 9.07. The van der Waals surface area contributed by atoms with Crippen LogP contribution >= 0.6 is 23.5 Å². The molecule has 1 aliphatic heterocycles. The molecule has 7 heteroatoms. The SMILES string of the molecule is O=C(CSc1nc2c(c(=O)n1Cc1ccccc1)SCC2)NCCc1ccccc1. The summed E-state index contributed by atoms with van der Waals surface area (Å²) in [5.74, 6) is 1.07. The van der Waals surface area contributed by atoms with Crippen molar-refractivity contribution in [3.8, 4) is 0 Å². The highest BCUT2D eigenvalue weighted by molar-refractivity contribution is 8.00. The van der Waals surface area contributed by atoms with Gasteiger partial charge in [-0.1, -0.05) is 72.4 Å². The topological polar surface area (TPSA) is 64.0 Å². The van der Waals surface area contributed by atoms with Crippen molar-refractivity contribution in [2.24, 2.45) is 0 Å². The lowest BCUT2D eigenvalue weighted by atomic mass is 10.1. The first-order valence-corrected chi connectivity index (χ1v) is 11.9. The zero-order valence-electron chi connectivity index (χ0n) is 16.5. The number of aryl methyl sites for hydroxylation is 1. The van der Waals surface area contributed by atoms with Gasteiger partial charge >= 0.3 is 0 Å². The molecule has 154 valence electrons. The molecule has 1 aromatic heterocycles. The van der Waals surface area contributed by atoms with Crippen LogP contribution in [0.3, 0.4) is 0 Å². The molecule has 0 aliphatic carbocycles. The maximum atomic E-state index is 13.0. The minimum absolute atomic E-state index is 0.00154. The molecule has 0 radical (unpaired) electrons. The predicted molar refractivity (Wildman–Crippen MR) is 122 cm³/mol. The van der Waals surface area contributed by atoms with Crippen LogP contribution in [0.4, 0.5) is 0 Å². The van der Waals surface area contributed by atoms with E-state index in [0.29, 0.717) is 18.2 Å². The quantitative estimate of drug-likeness (QED) is 0.432. The van der Waals surface area contributed by atoms with Crippen molar-refractivity contribution in [2.45, 2.75) is 29.4 Å². The van der Waals surface area contributed by atoms with E-state index < -0.39 is 0 Å². The average molecular weight is 438 g/mol. The maximum absolute atomic E-state index is 13.0. The van der Waals surface area contributed by atoms with Crippen molar-refractivity contribution in [1.82, 2.24) is 14.9 Å². The number of nitrogens with one attached hydrogen (secondary N) is 1. The number of rotatable bonds is 8. The molecule has 1 aliphatic rings. The third-order valence-corrected chi connectivity index (χ3v) is 6.93. The Morgan fingerprint density at radius 1 is 1.07 bits per heavy atom. The molecule has 0 saturated carbocycles. The normalized spacial score (nSPS) is 12.5. The highest BCUT2D eigenvalue weighted by Gasteiger charge is 2.22. The van der Waals surface area contributed by atoms with Gasteiger partial charge in [0.15, 0.2) is 5.16 Å². The van der Waals surface area contributed by atoms with Crippen molar-refractivity contribution in [3.05, 3.63) is 87.8 Å². The number of carbonyl (C=O) groups is 1. The zero-order chi connectivity index (χ0) is 20.8. The van der Waals surface area contributed by atoms with Crippen LogP contribution in [0, 0.1) is 0 Å². The summed E-state index contributed by atoms with van der Waals surface area (Å²) in [5.41, 5.74) is 3.10. The van der Waals surface area contributed by atoms with Crippen LogP contribution in [0.5, 0.6) is 0 Å². The van der Waals surface area contributed by atoms with Gasteiger partial charge in [0, 0.05) is 18.7 Å². The Morgan fingerprint density at radius 3 is 2.50 bits per heavy atom. The number of carbonyl (C=O) groups excluding carboxylic acids is 1. The van der Waals surface area contributed by atoms with Crippen molar-refractivity contribution in [3.63, 3.8) is 0 Å². The second-order valence-electron chi connectivity index (χ2n) is 7.02. The number of fused-ring (bicyclic) bond motifs is 1. The summed E-state index contributed by atoms with van der Waals surface area (Å²) in [6.07, 6.45) is 1.60. The first-order valence-electron chi connectivity index (χ1n) is 9.94. The molecule has 1 amide bonds. The van der Waals surface area contributed by atoms with E-state index in [1.54, 1.807) is 16.3 Å². The summed E-state index contributed by atoms with van der Waals surface area (Å²) in [6.45, 7) is 1.05. The number of amides is 1. The highest BCUT2D eigenvalue weighted by atomic mass is 32.2. The molecule has 0 spiro atoms. The predicted octanol–water partition coefficient (Wildman–Crippen LogP) is 3.39. The van der Waals surface area contributed by atoms with Crippen LogP contribution in [-0.4, -0.2) is 33.5 Å². The molecule has 30 heavy (non-hydrogen) atoms. The third kappa shape index (κ3) is 5.15. The number of hydrogen-bond acceptors (Lipinski definition) is 5. The zero-order valence-corrected chi connectivity index (χ0v) is 18.2. The fraction of sp³-hybridized carbons (Fsp3) is 0.261. The van der Waals surface area contributed by atoms with Gasteiger partial charge in [-0.05, 0) is 17.5 Å². The summed E-state index contributed by atoms with van der Waals surface area (Å²) >= 11 is 2.91. The number of hydrogen-bond donors (Lipinski definition) is 1. The van der Waals surface area contributed by atoms with Gasteiger partial charge in [-0.2, -0.15) is 0 Å². The van der Waals surface area contributed by atoms with E-state index in [-0.39, 0.29) is 17.2 Å². The summed E-state index contributed by atoms with van der Waals surface area (Å²) in [4.78, 5) is 30.9. The Kier molecular flexibility index (Phi) is 6.92. The second kappa shape index (κ2) is 10.00. The number of benzene rings is 2. The van der Waals surface area contributed by atoms with Gasteiger partial charge < -0.3 is 5.32 Å². The number of nitrogens with zero attached hydrogens (tertiary/aromatic N) is 2. The van der Waals surface area contributed by atoms with E-state index in [9.17, 15) is 9.59 Å². The number of aromatic nitrogens is 2. The summed E-state index contributed by atoms with van der Waals surface area (Å²) in [7, 11) is 0. The molecule has 0 unspecified atom stereocenters. The minimum Gasteiger partial charge on any atom is -0.355 e. The van der Waals surface area contributed by atoms with E-state index >= 15 is 0 Å². The maximum Gasteiger partial charge on any atom is 0.268 e. The standard InChI is InChI=1S/C23H23N3O2S2/c27-20(24-13-11-17-7-3-1-4-8-17)16-30-23-25-19-12-14-29-21(19)22(28)26(23)15-18-9-5-2-6-10-18/h1-10H,11-16H2,(H,24,27). The van der Waals surface area contributed by atoms with E-state index in [0.717, 1.165) is 34.7 Å². The molecular formula is C23H23N3O2S2. The molecular weight excluding hydrogens is 414 g/mol.